The second-order valence-electron chi connectivity index (χ2n) is 6.87. The Balaban J connectivity index is 1.56. The number of para-hydroxylation sites is 3. The highest BCUT2D eigenvalue weighted by atomic mass is 35.5. The number of nitrogens with zero attached hydrogens (tertiary/aromatic N) is 5. The zero-order chi connectivity index (χ0) is 21.8. The molecule has 2 heterocycles. The predicted octanol–water partition coefficient (Wildman–Crippen LogP) is 4.16. The smallest absolute Gasteiger partial charge is 0.292 e. The molecule has 0 bridgehead atoms. The van der Waals surface area contributed by atoms with Crippen molar-refractivity contribution in [1.29, 1.82) is 0 Å². The van der Waals surface area contributed by atoms with Crippen molar-refractivity contribution in [2.45, 2.75) is 18.0 Å². The van der Waals surface area contributed by atoms with Gasteiger partial charge in [0.1, 0.15) is 5.69 Å². The Morgan fingerprint density at radius 1 is 1.13 bits per heavy atom. The third-order valence-electron chi connectivity index (χ3n) is 4.81. The molecule has 1 aliphatic heterocycles. The van der Waals surface area contributed by atoms with Crippen LogP contribution in [0.4, 0.5) is 17.3 Å². The normalized spacial score (nSPS) is 13.4. The van der Waals surface area contributed by atoms with Gasteiger partial charge in [-0.2, -0.15) is 0 Å². The number of nitro groups is 1. The Morgan fingerprint density at radius 2 is 1.84 bits per heavy atom. The van der Waals surface area contributed by atoms with Gasteiger partial charge in [0.05, 0.1) is 21.4 Å². The van der Waals surface area contributed by atoms with Crippen molar-refractivity contribution in [3.05, 3.63) is 63.7 Å². The van der Waals surface area contributed by atoms with Crippen LogP contribution in [0.25, 0.3) is 5.69 Å². The molecule has 31 heavy (non-hydrogen) atoms. The van der Waals surface area contributed by atoms with Gasteiger partial charge in [-0.1, -0.05) is 47.6 Å². The number of nitrogens with one attached hydrogen (secondary N) is 1. The molecule has 1 fully saturated rings. The van der Waals surface area contributed by atoms with Gasteiger partial charge < -0.3 is 10.2 Å². The molecule has 1 aromatic heterocycles. The lowest BCUT2D eigenvalue weighted by Crippen LogP contribution is -2.22. The van der Waals surface area contributed by atoms with Crippen molar-refractivity contribution < 1.29 is 9.72 Å². The van der Waals surface area contributed by atoms with Crippen LogP contribution in [0.5, 0.6) is 0 Å². The molecule has 0 saturated carbocycles. The van der Waals surface area contributed by atoms with Crippen LogP contribution in [-0.4, -0.2) is 44.4 Å². The molecule has 3 aromatic rings. The van der Waals surface area contributed by atoms with Gasteiger partial charge in [-0.05, 0) is 31.0 Å². The maximum absolute atomic E-state index is 12.5. The van der Waals surface area contributed by atoms with Gasteiger partial charge in [-0.15, -0.1) is 10.2 Å². The van der Waals surface area contributed by atoms with Gasteiger partial charge in [0, 0.05) is 19.2 Å². The molecule has 160 valence electrons. The summed E-state index contributed by atoms with van der Waals surface area (Å²) >= 11 is 7.63. The second-order valence-corrected chi connectivity index (χ2v) is 8.22. The average Bonchev–Trinajstić information content (AvgIpc) is 3.42. The van der Waals surface area contributed by atoms with E-state index in [0.717, 1.165) is 31.6 Å². The molecule has 1 amide bonds. The lowest BCUT2D eigenvalue weighted by atomic mass is 10.2. The van der Waals surface area contributed by atoms with E-state index in [1.54, 1.807) is 18.2 Å². The van der Waals surface area contributed by atoms with E-state index < -0.39 is 4.92 Å². The van der Waals surface area contributed by atoms with Crippen LogP contribution in [0, 0.1) is 10.1 Å². The number of carbonyl (C=O) groups is 1. The van der Waals surface area contributed by atoms with Crippen LogP contribution >= 0.6 is 23.4 Å². The average molecular weight is 459 g/mol. The van der Waals surface area contributed by atoms with Crippen molar-refractivity contribution >= 4 is 46.6 Å². The van der Waals surface area contributed by atoms with E-state index in [1.807, 2.05) is 22.8 Å². The fourth-order valence-electron chi connectivity index (χ4n) is 3.38. The molecule has 1 saturated heterocycles. The van der Waals surface area contributed by atoms with Crippen LogP contribution in [-0.2, 0) is 4.79 Å². The van der Waals surface area contributed by atoms with Crippen molar-refractivity contribution in [2.24, 2.45) is 0 Å². The monoisotopic (exact) mass is 458 g/mol. The minimum Gasteiger partial charge on any atom is -0.341 e. The molecular weight excluding hydrogens is 440 g/mol. The number of hydrogen-bond donors (Lipinski definition) is 1. The number of rotatable bonds is 7. The Labute approximate surface area is 187 Å². The molecule has 0 atom stereocenters. The lowest BCUT2D eigenvalue weighted by molar-refractivity contribution is -0.383. The lowest BCUT2D eigenvalue weighted by Gasteiger charge is -2.19. The summed E-state index contributed by atoms with van der Waals surface area (Å²) < 4.78 is 1.86. The highest BCUT2D eigenvalue weighted by Gasteiger charge is 2.24. The quantitative estimate of drug-likeness (QED) is 0.322. The SMILES string of the molecule is O=C(CSc1nnc(N2CCCC2)n1-c1ccccc1Cl)Nc1ccccc1[N+](=O)[O-]. The summed E-state index contributed by atoms with van der Waals surface area (Å²) in [6, 6.07) is 13.4. The second kappa shape index (κ2) is 9.36. The van der Waals surface area contributed by atoms with E-state index in [0.29, 0.717) is 16.1 Å². The first-order valence-electron chi connectivity index (χ1n) is 9.66. The fraction of sp³-hybridized carbons (Fsp3) is 0.250. The van der Waals surface area contributed by atoms with Gasteiger partial charge in [-0.25, -0.2) is 0 Å². The van der Waals surface area contributed by atoms with Gasteiger partial charge >= 0.3 is 0 Å². The summed E-state index contributed by atoms with van der Waals surface area (Å²) in [5.41, 5.74) is 0.734. The fourth-order valence-corrected chi connectivity index (χ4v) is 4.34. The summed E-state index contributed by atoms with van der Waals surface area (Å²) in [5.74, 6) is 0.317. The first-order valence-corrected chi connectivity index (χ1v) is 11.0. The first-order chi connectivity index (χ1) is 15.0. The molecule has 0 unspecified atom stereocenters. The topological polar surface area (TPSA) is 106 Å². The number of aromatic nitrogens is 3. The summed E-state index contributed by atoms with van der Waals surface area (Å²) in [6.07, 6.45) is 2.16. The van der Waals surface area contributed by atoms with E-state index in [9.17, 15) is 14.9 Å². The number of halogens is 1. The molecule has 0 radical (unpaired) electrons. The minimum absolute atomic E-state index is 0.00857. The predicted molar refractivity (Wildman–Crippen MR) is 120 cm³/mol. The van der Waals surface area contributed by atoms with E-state index in [2.05, 4.69) is 20.4 Å². The Kier molecular flexibility index (Phi) is 6.38. The Hall–Kier alpha value is -3.11. The minimum atomic E-state index is -0.529. The number of nitro benzene ring substituents is 1. The molecule has 9 nitrogen and oxygen atoms in total. The third-order valence-corrected chi connectivity index (χ3v) is 6.05. The molecule has 4 rings (SSSR count). The maximum Gasteiger partial charge on any atom is 0.292 e. The van der Waals surface area contributed by atoms with Crippen molar-refractivity contribution in [3.8, 4) is 5.69 Å². The summed E-state index contributed by atoms with van der Waals surface area (Å²) in [6.45, 7) is 1.76. The number of anilines is 2. The van der Waals surface area contributed by atoms with Gasteiger partial charge in [0.25, 0.3) is 5.69 Å². The van der Waals surface area contributed by atoms with E-state index in [-0.39, 0.29) is 23.0 Å². The number of thioether (sulfide) groups is 1. The van der Waals surface area contributed by atoms with E-state index >= 15 is 0 Å². The standard InChI is InChI=1S/C20H19ClN6O3S/c21-14-7-1-3-9-16(14)26-19(25-11-5-6-12-25)23-24-20(26)31-13-18(28)22-15-8-2-4-10-17(15)27(29)30/h1-4,7-10H,5-6,11-13H2,(H,22,28). The van der Waals surface area contributed by atoms with Crippen molar-refractivity contribution in [3.63, 3.8) is 0 Å². The molecule has 1 aliphatic rings. The van der Waals surface area contributed by atoms with Gasteiger partial charge in [-0.3, -0.25) is 19.5 Å². The third kappa shape index (κ3) is 4.64. The summed E-state index contributed by atoms with van der Waals surface area (Å²) in [7, 11) is 0. The van der Waals surface area contributed by atoms with E-state index in [1.165, 1.54) is 23.9 Å². The van der Waals surface area contributed by atoms with Gasteiger partial charge in [0.15, 0.2) is 5.16 Å². The highest BCUT2D eigenvalue weighted by molar-refractivity contribution is 7.99. The van der Waals surface area contributed by atoms with Gasteiger partial charge in [0.2, 0.25) is 11.9 Å². The van der Waals surface area contributed by atoms with Crippen molar-refractivity contribution in [2.75, 3.05) is 29.1 Å². The first kappa shape index (κ1) is 21.1. The van der Waals surface area contributed by atoms with Crippen LogP contribution in [0.3, 0.4) is 0 Å². The molecule has 0 aliphatic carbocycles. The van der Waals surface area contributed by atoms with Crippen LogP contribution in [0.15, 0.2) is 53.7 Å². The maximum atomic E-state index is 12.5. The number of amides is 1. The Morgan fingerprint density at radius 3 is 2.58 bits per heavy atom. The summed E-state index contributed by atoms with van der Waals surface area (Å²) in [5, 5.41) is 23.5. The molecule has 0 spiro atoms. The van der Waals surface area contributed by atoms with Crippen LogP contribution in [0.2, 0.25) is 5.02 Å². The zero-order valence-electron chi connectivity index (χ0n) is 16.4. The molecule has 2 aromatic carbocycles. The van der Waals surface area contributed by atoms with Crippen LogP contribution in [0.1, 0.15) is 12.8 Å². The van der Waals surface area contributed by atoms with Crippen LogP contribution < -0.4 is 10.2 Å². The zero-order valence-corrected chi connectivity index (χ0v) is 18.0. The summed E-state index contributed by atoms with van der Waals surface area (Å²) in [4.78, 5) is 25.3. The molecule has 11 heteroatoms. The van der Waals surface area contributed by atoms with Crippen molar-refractivity contribution in [1.82, 2.24) is 14.8 Å². The molecule has 1 N–H and O–H groups in total. The number of hydrogen-bond acceptors (Lipinski definition) is 7. The van der Waals surface area contributed by atoms with E-state index in [4.69, 9.17) is 11.6 Å². The Bertz CT molecular complexity index is 1120. The number of carbonyl (C=O) groups excluding carboxylic acids is 1. The molecular formula is C20H19ClN6O3S. The largest absolute Gasteiger partial charge is 0.341 e. The highest BCUT2D eigenvalue weighted by Crippen LogP contribution is 2.32. The number of benzene rings is 2.